The lowest BCUT2D eigenvalue weighted by Crippen LogP contribution is -2.14. The number of ether oxygens (including phenoxy) is 1. The third kappa shape index (κ3) is 4.27. The van der Waals surface area contributed by atoms with Crippen LogP contribution in [0.25, 0.3) is 11.5 Å². The molecule has 0 fully saturated rings. The van der Waals surface area contributed by atoms with E-state index in [-0.39, 0.29) is 18.3 Å². The first kappa shape index (κ1) is 17.7. The molecule has 134 valence electrons. The predicted octanol–water partition coefficient (Wildman–Crippen LogP) is 3.93. The number of anilines is 1. The molecule has 0 bridgehead atoms. The fourth-order valence-electron chi connectivity index (χ4n) is 2.51. The molecule has 6 heteroatoms. The van der Waals surface area contributed by atoms with Crippen LogP contribution in [0.15, 0.2) is 46.9 Å². The second-order valence-corrected chi connectivity index (χ2v) is 6.01. The number of rotatable bonds is 6. The Labute approximate surface area is 152 Å². The minimum absolute atomic E-state index is 0.0859. The van der Waals surface area contributed by atoms with E-state index < -0.39 is 0 Å². The SMILES string of the molecule is CCOc1ccc(-c2nnc(NC(=O)Cc3ccc(C)c(C)c3)o2)cc1. The highest BCUT2D eigenvalue weighted by molar-refractivity contribution is 5.90. The van der Waals surface area contributed by atoms with E-state index in [1.807, 2.05) is 63.2 Å². The summed E-state index contributed by atoms with van der Waals surface area (Å²) in [5.74, 6) is 0.919. The van der Waals surface area contributed by atoms with Crippen molar-refractivity contribution in [2.24, 2.45) is 0 Å². The van der Waals surface area contributed by atoms with E-state index in [4.69, 9.17) is 9.15 Å². The Balaban J connectivity index is 1.64. The molecular formula is C20H21N3O3. The van der Waals surface area contributed by atoms with Crippen molar-refractivity contribution >= 4 is 11.9 Å². The Morgan fingerprint density at radius 1 is 1.08 bits per heavy atom. The van der Waals surface area contributed by atoms with Gasteiger partial charge in [-0.05, 0) is 61.7 Å². The molecule has 1 N–H and O–H groups in total. The van der Waals surface area contributed by atoms with Crippen molar-refractivity contribution in [2.45, 2.75) is 27.2 Å². The summed E-state index contributed by atoms with van der Waals surface area (Å²) >= 11 is 0. The molecule has 0 saturated carbocycles. The number of hydrogen-bond acceptors (Lipinski definition) is 5. The van der Waals surface area contributed by atoms with Crippen molar-refractivity contribution in [3.63, 3.8) is 0 Å². The first-order chi connectivity index (χ1) is 12.5. The normalized spacial score (nSPS) is 10.6. The fraction of sp³-hybridized carbons (Fsp3) is 0.250. The lowest BCUT2D eigenvalue weighted by molar-refractivity contribution is -0.115. The van der Waals surface area contributed by atoms with Gasteiger partial charge in [0.2, 0.25) is 11.8 Å². The fourth-order valence-corrected chi connectivity index (χ4v) is 2.51. The van der Waals surface area contributed by atoms with Gasteiger partial charge in [0.1, 0.15) is 5.75 Å². The molecule has 0 aliphatic rings. The highest BCUT2D eigenvalue weighted by Gasteiger charge is 2.12. The van der Waals surface area contributed by atoms with Crippen molar-refractivity contribution in [1.29, 1.82) is 0 Å². The summed E-state index contributed by atoms with van der Waals surface area (Å²) in [6.07, 6.45) is 0.252. The Kier molecular flexibility index (Phi) is 5.31. The number of aryl methyl sites for hydroxylation is 2. The van der Waals surface area contributed by atoms with Gasteiger partial charge in [-0.15, -0.1) is 5.10 Å². The Hall–Kier alpha value is -3.15. The van der Waals surface area contributed by atoms with Gasteiger partial charge in [0.25, 0.3) is 0 Å². The summed E-state index contributed by atoms with van der Waals surface area (Å²) in [5.41, 5.74) is 4.06. The molecule has 3 aromatic rings. The Bertz CT molecular complexity index is 901. The molecule has 0 unspecified atom stereocenters. The molecule has 0 aliphatic carbocycles. The smallest absolute Gasteiger partial charge is 0.322 e. The quantitative estimate of drug-likeness (QED) is 0.728. The molecule has 1 heterocycles. The maximum absolute atomic E-state index is 12.2. The minimum Gasteiger partial charge on any atom is -0.494 e. The summed E-state index contributed by atoms with van der Waals surface area (Å²) in [5, 5.41) is 10.5. The van der Waals surface area contributed by atoms with Gasteiger partial charge in [-0.3, -0.25) is 10.1 Å². The number of nitrogens with one attached hydrogen (secondary N) is 1. The summed E-state index contributed by atoms with van der Waals surface area (Å²) < 4.78 is 10.9. The van der Waals surface area contributed by atoms with Gasteiger partial charge in [-0.25, -0.2) is 0 Å². The van der Waals surface area contributed by atoms with Crippen molar-refractivity contribution < 1.29 is 13.9 Å². The van der Waals surface area contributed by atoms with Crippen LogP contribution in [0.2, 0.25) is 0 Å². The molecular weight excluding hydrogens is 330 g/mol. The molecule has 6 nitrogen and oxygen atoms in total. The van der Waals surface area contributed by atoms with Crippen molar-refractivity contribution in [3.05, 3.63) is 59.2 Å². The Morgan fingerprint density at radius 2 is 1.85 bits per heavy atom. The van der Waals surface area contributed by atoms with Crippen LogP contribution in [0.5, 0.6) is 5.75 Å². The highest BCUT2D eigenvalue weighted by atomic mass is 16.5. The summed E-state index contributed by atoms with van der Waals surface area (Å²) in [7, 11) is 0. The van der Waals surface area contributed by atoms with Gasteiger partial charge < -0.3 is 9.15 Å². The number of benzene rings is 2. The summed E-state index contributed by atoms with van der Waals surface area (Å²) in [4.78, 5) is 12.2. The number of nitrogens with zero attached hydrogens (tertiary/aromatic N) is 2. The molecule has 2 aromatic carbocycles. The van der Waals surface area contributed by atoms with Crippen LogP contribution < -0.4 is 10.1 Å². The van der Waals surface area contributed by atoms with Crippen LogP contribution in [0.3, 0.4) is 0 Å². The predicted molar refractivity (Wildman–Crippen MR) is 99.2 cm³/mol. The second-order valence-electron chi connectivity index (χ2n) is 6.01. The molecule has 1 aromatic heterocycles. The number of aromatic nitrogens is 2. The molecule has 3 rings (SSSR count). The number of hydrogen-bond donors (Lipinski definition) is 1. The van der Waals surface area contributed by atoms with Crippen LogP contribution >= 0.6 is 0 Å². The van der Waals surface area contributed by atoms with Crippen molar-refractivity contribution in [1.82, 2.24) is 10.2 Å². The maximum atomic E-state index is 12.2. The largest absolute Gasteiger partial charge is 0.494 e. The maximum Gasteiger partial charge on any atom is 0.322 e. The molecule has 1 amide bonds. The van der Waals surface area contributed by atoms with Crippen LogP contribution in [0.1, 0.15) is 23.6 Å². The monoisotopic (exact) mass is 351 g/mol. The van der Waals surface area contributed by atoms with Crippen molar-refractivity contribution in [3.8, 4) is 17.2 Å². The summed E-state index contributed by atoms with van der Waals surface area (Å²) in [6.45, 7) is 6.60. The first-order valence-corrected chi connectivity index (χ1v) is 8.48. The Morgan fingerprint density at radius 3 is 2.54 bits per heavy atom. The molecule has 0 atom stereocenters. The van der Waals surface area contributed by atoms with Crippen LogP contribution in [-0.2, 0) is 11.2 Å². The molecule has 0 aliphatic heterocycles. The van der Waals surface area contributed by atoms with E-state index in [1.54, 1.807) is 0 Å². The number of carbonyl (C=O) groups is 1. The summed E-state index contributed by atoms with van der Waals surface area (Å²) in [6, 6.07) is 13.4. The lowest BCUT2D eigenvalue weighted by atomic mass is 10.0. The van der Waals surface area contributed by atoms with Crippen LogP contribution in [0.4, 0.5) is 6.01 Å². The third-order valence-electron chi connectivity index (χ3n) is 4.02. The first-order valence-electron chi connectivity index (χ1n) is 8.48. The molecule has 0 spiro atoms. The van der Waals surface area contributed by atoms with E-state index in [9.17, 15) is 4.79 Å². The van der Waals surface area contributed by atoms with Gasteiger partial charge in [0.15, 0.2) is 0 Å². The van der Waals surface area contributed by atoms with Crippen LogP contribution in [-0.4, -0.2) is 22.7 Å². The zero-order chi connectivity index (χ0) is 18.5. The van der Waals surface area contributed by atoms with Gasteiger partial charge in [-0.1, -0.05) is 23.3 Å². The van der Waals surface area contributed by atoms with E-state index in [0.29, 0.717) is 12.5 Å². The van der Waals surface area contributed by atoms with Gasteiger partial charge in [-0.2, -0.15) is 0 Å². The van der Waals surface area contributed by atoms with E-state index in [2.05, 4.69) is 15.5 Å². The zero-order valence-corrected chi connectivity index (χ0v) is 15.1. The van der Waals surface area contributed by atoms with Crippen molar-refractivity contribution in [2.75, 3.05) is 11.9 Å². The lowest BCUT2D eigenvalue weighted by Gasteiger charge is -2.04. The minimum atomic E-state index is -0.199. The highest BCUT2D eigenvalue weighted by Crippen LogP contribution is 2.22. The van der Waals surface area contributed by atoms with Crippen LogP contribution in [0, 0.1) is 13.8 Å². The zero-order valence-electron chi connectivity index (χ0n) is 15.1. The third-order valence-corrected chi connectivity index (χ3v) is 4.02. The average Bonchev–Trinajstić information content (AvgIpc) is 3.07. The average molecular weight is 351 g/mol. The standard InChI is InChI=1S/C20H21N3O3/c1-4-25-17-9-7-16(8-10-17)19-22-23-20(26-19)21-18(24)12-15-6-5-13(2)14(3)11-15/h5-11H,4,12H2,1-3H3,(H,21,23,24). The second kappa shape index (κ2) is 7.82. The van der Waals surface area contributed by atoms with E-state index >= 15 is 0 Å². The molecule has 0 saturated heterocycles. The molecule has 26 heavy (non-hydrogen) atoms. The van der Waals surface area contributed by atoms with E-state index in [0.717, 1.165) is 22.4 Å². The van der Waals surface area contributed by atoms with Gasteiger partial charge >= 0.3 is 6.01 Å². The molecule has 0 radical (unpaired) electrons. The number of amides is 1. The van der Waals surface area contributed by atoms with E-state index in [1.165, 1.54) is 5.56 Å². The number of carbonyl (C=O) groups excluding carboxylic acids is 1. The topological polar surface area (TPSA) is 77.3 Å². The van der Waals surface area contributed by atoms with Gasteiger partial charge in [0.05, 0.1) is 13.0 Å². The van der Waals surface area contributed by atoms with Gasteiger partial charge in [0, 0.05) is 5.56 Å².